The molecule has 0 aromatic rings. The van der Waals surface area contributed by atoms with E-state index in [1.54, 1.807) is 0 Å². The molecule has 0 aromatic heterocycles. The van der Waals surface area contributed by atoms with Crippen molar-refractivity contribution in [2.45, 2.75) is 51.7 Å². The van der Waals surface area contributed by atoms with E-state index in [4.69, 9.17) is 9.47 Å². The molecule has 2 aliphatic rings. The molecule has 1 saturated heterocycles. The van der Waals surface area contributed by atoms with Crippen molar-refractivity contribution in [2.24, 2.45) is 11.8 Å². The number of carbonyl (C=O) groups excluding carboxylic acids is 1. The van der Waals surface area contributed by atoms with Gasteiger partial charge in [-0.05, 0) is 31.6 Å². The summed E-state index contributed by atoms with van der Waals surface area (Å²) in [6, 6.07) is 0. The highest BCUT2D eigenvalue weighted by Crippen LogP contribution is 2.32. The lowest BCUT2D eigenvalue weighted by atomic mass is 9.78. The van der Waals surface area contributed by atoms with Crippen LogP contribution in [-0.4, -0.2) is 25.3 Å². The molecule has 0 spiro atoms. The maximum Gasteiger partial charge on any atom is 0.164 e. The van der Waals surface area contributed by atoms with Crippen LogP contribution in [0.5, 0.6) is 0 Å². The Hall–Kier alpha value is -0.410. The normalized spacial score (nSPS) is 31.8. The van der Waals surface area contributed by atoms with E-state index < -0.39 is 0 Å². The average molecular weight is 226 g/mol. The van der Waals surface area contributed by atoms with Gasteiger partial charge in [0.05, 0.1) is 19.6 Å². The number of rotatable bonds is 4. The molecular weight excluding hydrogens is 204 g/mol. The zero-order chi connectivity index (χ0) is 11.4. The van der Waals surface area contributed by atoms with E-state index in [9.17, 15) is 4.79 Å². The lowest BCUT2D eigenvalue weighted by Gasteiger charge is -2.27. The minimum atomic E-state index is -0.253. The Morgan fingerprint density at radius 2 is 1.75 bits per heavy atom. The van der Waals surface area contributed by atoms with Gasteiger partial charge in [-0.3, -0.25) is 4.79 Å². The van der Waals surface area contributed by atoms with Gasteiger partial charge in [0, 0.05) is 5.92 Å². The highest BCUT2D eigenvalue weighted by atomic mass is 16.7. The molecule has 1 aliphatic carbocycles. The van der Waals surface area contributed by atoms with Gasteiger partial charge < -0.3 is 9.47 Å². The first kappa shape index (κ1) is 12.1. The van der Waals surface area contributed by atoms with Crippen LogP contribution in [0.1, 0.15) is 45.4 Å². The molecule has 1 saturated carbocycles. The first-order valence-electron chi connectivity index (χ1n) is 6.55. The molecule has 0 amide bonds. The number of Topliss-reactive ketones (excluding diaryl/α,β-unsaturated/α-hetero) is 1. The van der Waals surface area contributed by atoms with E-state index in [0.29, 0.717) is 25.4 Å². The van der Waals surface area contributed by atoms with Gasteiger partial charge in [0.15, 0.2) is 6.29 Å². The SMILES string of the molecule is CCC1CCC(C(=O)CC2OCCO2)CC1. The fourth-order valence-corrected chi connectivity index (χ4v) is 2.75. The molecule has 2 fully saturated rings. The second-order valence-electron chi connectivity index (χ2n) is 4.97. The summed E-state index contributed by atoms with van der Waals surface area (Å²) in [5.41, 5.74) is 0. The third-order valence-electron chi connectivity index (χ3n) is 3.94. The van der Waals surface area contributed by atoms with Crippen LogP contribution in [0.25, 0.3) is 0 Å². The van der Waals surface area contributed by atoms with Crippen molar-refractivity contribution in [2.75, 3.05) is 13.2 Å². The summed E-state index contributed by atoms with van der Waals surface area (Å²) in [5.74, 6) is 1.47. The zero-order valence-corrected chi connectivity index (χ0v) is 10.1. The largest absolute Gasteiger partial charge is 0.350 e. The molecule has 0 aromatic carbocycles. The summed E-state index contributed by atoms with van der Waals surface area (Å²) in [5, 5.41) is 0. The van der Waals surface area contributed by atoms with E-state index in [1.165, 1.54) is 19.3 Å². The maximum atomic E-state index is 12.0. The lowest BCUT2D eigenvalue weighted by Crippen LogP contribution is -2.25. The Morgan fingerprint density at radius 3 is 2.31 bits per heavy atom. The summed E-state index contributed by atoms with van der Waals surface area (Å²) in [7, 11) is 0. The molecule has 1 heterocycles. The van der Waals surface area contributed by atoms with Crippen molar-refractivity contribution < 1.29 is 14.3 Å². The molecule has 0 unspecified atom stereocenters. The predicted molar refractivity (Wildman–Crippen MR) is 61.1 cm³/mol. The van der Waals surface area contributed by atoms with Crippen molar-refractivity contribution in [3.05, 3.63) is 0 Å². The zero-order valence-electron chi connectivity index (χ0n) is 10.1. The van der Waals surface area contributed by atoms with Gasteiger partial charge in [0.2, 0.25) is 0 Å². The first-order chi connectivity index (χ1) is 7.79. The minimum absolute atomic E-state index is 0.253. The lowest BCUT2D eigenvalue weighted by molar-refractivity contribution is -0.132. The second-order valence-corrected chi connectivity index (χ2v) is 4.97. The molecule has 16 heavy (non-hydrogen) atoms. The molecule has 0 atom stereocenters. The molecule has 0 bridgehead atoms. The Labute approximate surface area is 97.5 Å². The van der Waals surface area contributed by atoms with E-state index in [0.717, 1.165) is 18.8 Å². The third-order valence-corrected chi connectivity index (χ3v) is 3.94. The Bertz CT molecular complexity index is 225. The number of ether oxygens (including phenoxy) is 2. The van der Waals surface area contributed by atoms with Crippen LogP contribution in [0, 0.1) is 11.8 Å². The van der Waals surface area contributed by atoms with Crippen molar-refractivity contribution >= 4 is 5.78 Å². The maximum absolute atomic E-state index is 12.0. The second kappa shape index (κ2) is 5.78. The van der Waals surface area contributed by atoms with E-state index in [1.807, 2.05) is 0 Å². The molecular formula is C13H22O3. The quantitative estimate of drug-likeness (QED) is 0.739. The van der Waals surface area contributed by atoms with Crippen molar-refractivity contribution in [3.8, 4) is 0 Å². The molecule has 92 valence electrons. The van der Waals surface area contributed by atoms with E-state index >= 15 is 0 Å². The third kappa shape index (κ3) is 3.05. The minimum Gasteiger partial charge on any atom is -0.350 e. The van der Waals surface area contributed by atoms with Gasteiger partial charge in [-0.2, -0.15) is 0 Å². The van der Waals surface area contributed by atoms with Crippen LogP contribution in [0.15, 0.2) is 0 Å². The highest BCUT2D eigenvalue weighted by molar-refractivity contribution is 5.81. The summed E-state index contributed by atoms with van der Waals surface area (Å²) < 4.78 is 10.6. The molecule has 1 aliphatic heterocycles. The predicted octanol–water partition coefficient (Wildman–Crippen LogP) is 2.53. The van der Waals surface area contributed by atoms with Crippen molar-refractivity contribution in [1.29, 1.82) is 0 Å². The topological polar surface area (TPSA) is 35.5 Å². The molecule has 3 heteroatoms. The molecule has 3 nitrogen and oxygen atoms in total. The van der Waals surface area contributed by atoms with Crippen LogP contribution < -0.4 is 0 Å². The standard InChI is InChI=1S/C13H22O3/c1-2-10-3-5-11(6-4-10)12(14)9-13-15-7-8-16-13/h10-11,13H,2-9H2,1H3. The van der Waals surface area contributed by atoms with E-state index in [-0.39, 0.29) is 12.2 Å². The fraction of sp³-hybridized carbons (Fsp3) is 0.923. The number of ketones is 1. The molecule has 0 N–H and O–H groups in total. The summed E-state index contributed by atoms with van der Waals surface area (Å²) in [6.07, 6.45) is 6.06. The van der Waals surface area contributed by atoms with Gasteiger partial charge in [-0.1, -0.05) is 13.3 Å². The van der Waals surface area contributed by atoms with Gasteiger partial charge in [0.1, 0.15) is 5.78 Å². The van der Waals surface area contributed by atoms with Crippen LogP contribution in [0.3, 0.4) is 0 Å². The Balaban J connectivity index is 1.73. The van der Waals surface area contributed by atoms with Gasteiger partial charge >= 0.3 is 0 Å². The fourth-order valence-electron chi connectivity index (χ4n) is 2.75. The van der Waals surface area contributed by atoms with Crippen molar-refractivity contribution in [3.63, 3.8) is 0 Å². The molecule has 2 rings (SSSR count). The number of carbonyl (C=O) groups is 1. The summed E-state index contributed by atoms with van der Waals surface area (Å²) >= 11 is 0. The smallest absolute Gasteiger partial charge is 0.164 e. The molecule has 0 radical (unpaired) electrons. The van der Waals surface area contributed by atoms with E-state index in [2.05, 4.69) is 6.92 Å². The van der Waals surface area contributed by atoms with Gasteiger partial charge in [-0.25, -0.2) is 0 Å². The average Bonchev–Trinajstić information content (AvgIpc) is 2.82. The number of hydrogen-bond acceptors (Lipinski definition) is 3. The monoisotopic (exact) mass is 226 g/mol. The van der Waals surface area contributed by atoms with Crippen LogP contribution in [0.2, 0.25) is 0 Å². The van der Waals surface area contributed by atoms with Gasteiger partial charge in [-0.15, -0.1) is 0 Å². The van der Waals surface area contributed by atoms with Crippen LogP contribution >= 0.6 is 0 Å². The summed E-state index contributed by atoms with van der Waals surface area (Å²) in [4.78, 5) is 12.0. The van der Waals surface area contributed by atoms with Crippen LogP contribution in [0.4, 0.5) is 0 Å². The Kier molecular flexibility index (Phi) is 4.36. The van der Waals surface area contributed by atoms with Crippen molar-refractivity contribution in [1.82, 2.24) is 0 Å². The Morgan fingerprint density at radius 1 is 1.12 bits per heavy atom. The highest BCUT2D eigenvalue weighted by Gasteiger charge is 2.28. The first-order valence-corrected chi connectivity index (χ1v) is 6.55. The van der Waals surface area contributed by atoms with Crippen LogP contribution in [-0.2, 0) is 14.3 Å². The van der Waals surface area contributed by atoms with Gasteiger partial charge in [0.25, 0.3) is 0 Å². The summed E-state index contributed by atoms with van der Waals surface area (Å²) in [6.45, 7) is 3.52. The number of hydrogen-bond donors (Lipinski definition) is 0.